The molecule has 1 aliphatic rings. The van der Waals surface area contributed by atoms with Gasteiger partial charge in [-0.25, -0.2) is 9.97 Å². The number of hydrogen-bond donors (Lipinski definition) is 3. The number of nitrogen functional groups attached to an aromatic ring is 1. The molecule has 7 nitrogen and oxygen atoms in total. The van der Waals surface area contributed by atoms with Crippen molar-refractivity contribution in [1.82, 2.24) is 9.97 Å². The Kier molecular flexibility index (Phi) is 4.60. The van der Waals surface area contributed by atoms with Gasteiger partial charge in [0.1, 0.15) is 12.0 Å². The minimum atomic E-state index is 0.254. The summed E-state index contributed by atoms with van der Waals surface area (Å²) in [5.74, 6) is 2.58. The number of nitrogens with two attached hydrogens (primary N) is 1. The van der Waals surface area contributed by atoms with Crippen LogP contribution in [0.4, 0.5) is 23.0 Å². The Morgan fingerprint density at radius 2 is 1.89 bits per heavy atom. The number of nitrogens with zero attached hydrogens (tertiary/aromatic N) is 2. The zero-order valence-electron chi connectivity index (χ0n) is 14.6. The average Bonchev–Trinajstić information content (AvgIpc) is 3.12. The lowest BCUT2D eigenvalue weighted by atomic mass is 10.2. The van der Waals surface area contributed by atoms with Gasteiger partial charge in [-0.2, -0.15) is 0 Å². The van der Waals surface area contributed by atoms with Crippen LogP contribution in [0.1, 0.15) is 11.1 Å². The lowest BCUT2D eigenvalue weighted by Crippen LogP contribution is -2.08. The summed E-state index contributed by atoms with van der Waals surface area (Å²) >= 11 is 6.01. The maximum absolute atomic E-state index is 6.24. The predicted molar refractivity (Wildman–Crippen MR) is 106 cm³/mol. The summed E-state index contributed by atoms with van der Waals surface area (Å²) in [5, 5.41) is 7.15. The molecular formula is C19H18ClN5O2. The van der Waals surface area contributed by atoms with Crippen molar-refractivity contribution < 1.29 is 9.47 Å². The Labute approximate surface area is 161 Å². The van der Waals surface area contributed by atoms with Crippen molar-refractivity contribution in [2.45, 2.75) is 13.5 Å². The van der Waals surface area contributed by atoms with E-state index in [1.807, 2.05) is 43.3 Å². The zero-order chi connectivity index (χ0) is 18.8. The van der Waals surface area contributed by atoms with Crippen LogP contribution < -0.4 is 25.8 Å². The molecule has 4 rings (SSSR count). The number of ether oxygens (including phenoxy) is 2. The largest absolute Gasteiger partial charge is 0.454 e. The van der Waals surface area contributed by atoms with Gasteiger partial charge < -0.3 is 25.8 Å². The van der Waals surface area contributed by atoms with Crippen LogP contribution in [0.5, 0.6) is 11.5 Å². The molecule has 0 atom stereocenters. The van der Waals surface area contributed by atoms with Gasteiger partial charge in [-0.3, -0.25) is 0 Å². The maximum atomic E-state index is 6.24. The smallest absolute Gasteiger partial charge is 0.231 e. The first kappa shape index (κ1) is 17.2. The van der Waals surface area contributed by atoms with Crippen LogP contribution in [-0.2, 0) is 6.54 Å². The summed E-state index contributed by atoms with van der Waals surface area (Å²) in [4.78, 5) is 8.48. The van der Waals surface area contributed by atoms with E-state index >= 15 is 0 Å². The maximum Gasteiger partial charge on any atom is 0.231 e. The van der Waals surface area contributed by atoms with E-state index in [2.05, 4.69) is 20.6 Å². The first-order chi connectivity index (χ1) is 13.1. The number of rotatable bonds is 5. The second-order valence-corrected chi connectivity index (χ2v) is 6.55. The fraction of sp³-hybridized carbons (Fsp3) is 0.158. The summed E-state index contributed by atoms with van der Waals surface area (Å²) in [6.45, 7) is 2.76. The predicted octanol–water partition coefficient (Wildman–Crippen LogP) is 4.11. The molecule has 0 aliphatic carbocycles. The molecule has 1 aliphatic heterocycles. The highest BCUT2D eigenvalue weighted by Gasteiger charge is 2.14. The van der Waals surface area contributed by atoms with Crippen LogP contribution in [0.2, 0.25) is 5.02 Å². The van der Waals surface area contributed by atoms with Gasteiger partial charge in [0, 0.05) is 17.3 Å². The van der Waals surface area contributed by atoms with Gasteiger partial charge in [0.25, 0.3) is 0 Å². The standard InChI is InChI=1S/C19H18ClN5O2/c1-11-6-13(20)3-4-14(11)25-19-17(21)18(23-9-24-19)22-8-12-2-5-15-16(7-12)27-10-26-15/h2-7,9H,8,10,21H2,1H3,(H2,22,23,24,25). The Hall–Kier alpha value is -3.19. The SMILES string of the molecule is Cc1cc(Cl)ccc1Nc1ncnc(NCc2ccc3c(c2)OCO3)c1N. The third-order valence-corrected chi connectivity index (χ3v) is 4.46. The quantitative estimate of drug-likeness (QED) is 0.610. The molecule has 0 fully saturated rings. The fourth-order valence-electron chi connectivity index (χ4n) is 2.77. The lowest BCUT2D eigenvalue weighted by molar-refractivity contribution is 0.174. The summed E-state index contributed by atoms with van der Waals surface area (Å²) in [6.07, 6.45) is 1.46. The molecule has 0 saturated carbocycles. The van der Waals surface area contributed by atoms with Crippen LogP contribution in [0, 0.1) is 6.92 Å². The van der Waals surface area contributed by atoms with Gasteiger partial charge in [-0.15, -0.1) is 0 Å². The summed E-state index contributed by atoms with van der Waals surface area (Å²) in [6, 6.07) is 11.4. The zero-order valence-corrected chi connectivity index (χ0v) is 15.4. The first-order valence-corrected chi connectivity index (χ1v) is 8.74. The second-order valence-electron chi connectivity index (χ2n) is 6.11. The third-order valence-electron chi connectivity index (χ3n) is 4.22. The molecule has 8 heteroatoms. The minimum absolute atomic E-state index is 0.254. The van der Waals surface area contributed by atoms with E-state index in [9.17, 15) is 0 Å². The summed E-state index contributed by atoms with van der Waals surface area (Å²) < 4.78 is 10.7. The number of nitrogens with one attached hydrogen (secondary N) is 2. The van der Waals surface area contributed by atoms with E-state index in [0.29, 0.717) is 28.9 Å². The van der Waals surface area contributed by atoms with Gasteiger partial charge in [0.15, 0.2) is 23.1 Å². The van der Waals surface area contributed by atoms with Crippen molar-refractivity contribution in [2.75, 3.05) is 23.2 Å². The second kappa shape index (κ2) is 7.20. The van der Waals surface area contributed by atoms with Gasteiger partial charge in [-0.05, 0) is 48.4 Å². The first-order valence-electron chi connectivity index (χ1n) is 8.36. The molecule has 0 unspecified atom stereocenters. The Morgan fingerprint density at radius 3 is 2.74 bits per heavy atom. The van der Waals surface area contributed by atoms with E-state index in [1.165, 1.54) is 6.33 Å². The number of fused-ring (bicyclic) bond motifs is 1. The summed E-state index contributed by atoms with van der Waals surface area (Å²) in [5.41, 5.74) is 9.59. The van der Waals surface area contributed by atoms with Crippen LogP contribution in [0.15, 0.2) is 42.7 Å². The molecule has 2 heterocycles. The number of anilines is 4. The normalized spacial score (nSPS) is 12.1. The molecule has 0 radical (unpaired) electrons. The van der Waals surface area contributed by atoms with E-state index in [1.54, 1.807) is 0 Å². The third kappa shape index (κ3) is 3.68. The molecule has 4 N–H and O–H groups in total. The molecule has 27 heavy (non-hydrogen) atoms. The van der Waals surface area contributed by atoms with Crippen molar-refractivity contribution in [2.24, 2.45) is 0 Å². The van der Waals surface area contributed by atoms with Gasteiger partial charge in [0.05, 0.1) is 0 Å². The van der Waals surface area contributed by atoms with Gasteiger partial charge in [-0.1, -0.05) is 17.7 Å². The Bertz CT molecular complexity index is 996. The molecular weight excluding hydrogens is 366 g/mol. The highest BCUT2D eigenvalue weighted by atomic mass is 35.5. The van der Waals surface area contributed by atoms with Crippen molar-refractivity contribution in [3.05, 3.63) is 58.9 Å². The van der Waals surface area contributed by atoms with E-state index in [0.717, 1.165) is 28.3 Å². The average molecular weight is 384 g/mol. The van der Waals surface area contributed by atoms with E-state index < -0.39 is 0 Å². The van der Waals surface area contributed by atoms with Crippen molar-refractivity contribution >= 4 is 34.6 Å². The summed E-state index contributed by atoms with van der Waals surface area (Å²) in [7, 11) is 0. The highest BCUT2D eigenvalue weighted by Crippen LogP contribution is 2.33. The number of hydrogen-bond acceptors (Lipinski definition) is 7. The van der Waals surface area contributed by atoms with Crippen LogP contribution in [-0.4, -0.2) is 16.8 Å². The molecule has 2 aromatic carbocycles. The lowest BCUT2D eigenvalue weighted by Gasteiger charge is -2.14. The number of aryl methyl sites for hydroxylation is 1. The molecule has 3 aromatic rings. The molecule has 0 spiro atoms. The minimum Gasteiger partial charge on any atom is -0.454 e. The van der Waals surface area contributed by atoms with Gasteiger partial charge >= 0.3 is 0 Å². The molecule has 0 saturated heterocycles. The van der Waals surface area contributed by atoms with Crippen LogP contribution in [0.3, 0.4) is 0 Å². The fourth-order valence-corrected chi connectivity index (χ4v) is 2.99. The number of aromatic nitrogens is 2. The number of benzene rings is 2. The topological polar surface area (TPSA) is 94.3 Å². The number of halogens is 1. The molecule has 0 amide bonds. The Morgan fingerprint density at radius 1 is 1.07 bits per heavy atom. The van der Waals surface area contributed by atoms with Crippen LogP contribution >= 0.6 is 11.6 Å². The van der Waals surface area contributed by atoms with E-state index in [4.69, 9.17) is 26.8 Å². The molecule has 0 bridgehead atoms. The highest BCUT2D eigenvalue weighted by molar-refractivity contribution is 6.30. The van der Waals surface area contributed by atoms with E-state index in [-0.39, 0.29) is 6.79 Å². The Balaban J connectivity index is 1.50. The molecule has 138 valence electrons. The van der Waals surface area contributed by atoms with Crippen molar-refractivity contribution in [1.29, 1.82) is 0 Å². The van der Waals surface area contributed by atoms with Crippen LogP contribution in [0.25, 0.3) is 0 Å². The van der Waals surface area contributed by atoms with Crippen molar-refractivity contribution in [3.8, 4) is 11.5 Å². The monoisotopic (exact) mass is 383 g/mol. The van der Waals surface area contributed by atoms with Gasteiger partial charge in [0.2, 0.25) is 6.79 Å². The molecule has 1 aromatic heterocycles. The van der Waals surface area contributed by atoms with Crippen molar-refractivity contribution in [3.63, 3.8) is 0 Å².